The van der Waals surface area contributed by atoms with Crippen molar-refractivity contribution in [3.63, 3.8) is 0 Å². The molecule has 1 aromatic carbocycles. The molecule has 3 aromatic rings. The van der Waals surface area contributed by atoms with Crippen LogP contribution in [0, 0.1) is 5.82 Å². The van der Waals surface area contributed by atoms with Crippen LogP contribution in [0.1, 0.15) is 22.5 Å². The zero-order valence-electron chi connectivity index (χ0n) is 14.2. The number of pyridine rings is 1. The Morgan fingerprint density at radius 2 is 2.04 bits per heavy atom. The van der Waals surface area contributed by atoms with Gasteiger partial charge in [-0.25, -0.2) is 9.18 Å². The zero-order valence-corrected chi connectivity index (χ0v) is 14.2. The van der Waals surface area contributed by atoms with Gasteiger partial charge in [0.2, 0.25) is 0 Å². The number of carbonyl (C=O) groups excluding carboxylic acids is 2. The lowest BCUT2D eigenvalue weighted by molar-refractivity contribution is 0.0952. The van der Waals surface area contributed by atoms with Crippen LogP contribution in [0.3, 0.4) is 0 Å². The Hall–Kier alpha value is -3.68. The number of rotatable bonds is 2. The number of amides is 3. The van der Waals surface area contributed by atoms with Crippen molar-refractivity contribution in [2.75, 3.05) is 11.9 Å². The van der Waals surface area contributed by atoms with Gasteiger partial charge in [-0.1, -0.05) is 0 Å². The molecule has 136 valence electrons. The minimum Gasteiger partial charge on any atom is -0.350 e. The van der Waals surface area contributed by atoms with Gasteiger partial charge in [0.15, 0.2) is 0 Å². The Morgan fingerprint density at radius 3 is 2.85 bits per heavy atom. The van der Waals surface area contributed by atoms with Gasteiger partial charge in [-0.3, -0.25) is 9.78 Å². The Morgan fingerprint density at radius 1 is 1.22 bits per heavy atom. The summed E-state index contributed by atoms with van der Waals surface area (Å²) in [4.78, 5) is 31.4. The summed E-state index contributed by atoms with van der Waals surface area (Å²) in [7, 11) is 0. The van der Waals surface area contributed by atoms with Gasteiger partial charge in [0, 0.05) is 47.3 Å². The first-order valence-electron chi connectivity index (χ1n) is 8.38. The zero-order chi connectivity index (χ0) is 18.8. The van der Waals surface area contributed by atoms with Gasteiger partial charge < -0.3 is 20.9 Å². The number of nitrogens with one attached hydrogen (secondary N) is 4. The van der Waals surface area contributed by atoms with Crippen LogP contribution in [0.5, 0.6) is 0 Å². The van der Waals surface area contributed by atoms with Gasteiger partial charge in [-0.15, -0.1) is 0 Å². The Labute approximate surface area is 153 Å². The molecule has 0 radical (unpaired) electrons. The van der Waals surface area contributed by atoms with E-state index in [1.165, 1.54) is 12.1 Å². The third-order valence-corrected chi connectivity index (χ3v) is 4.30. The first-order valence-corrected chi connectivity index (χ1v) is 8.38. The monoisotopic (exact) mass is 365 g/mol. The maximum Gasteiger partial charge on any atom is 0.323 e. The van der Waals surface area contributed by atoms with Gasteiger partial charge in [-0.05, 0) is 42.3 Å². The molecule has 4 N–H and O–H groups in total. The fraction of sp³-hybridized carbons (Fsp3) is 0.105. The third kappa shape index (κ3) is 3.37. The number of hydrogen-bond donors (Lipinski definition) is 4. The van der Waals surface area contributed by atoms with Crippen LogP contribution in [0.25, 0.3) is 16.5 Å². The van der Waals surface area contributed by atoms with E-state index in [1.807, 2.05) is 0 Å². The molecule has 27 heavy (non-hydrogen) atoms. The number of fused-ring (bicyclic) bond motifs is 3. The molecule has 8 heteroatoms. The maximum atomic E-state index is 13.7. The van der Waals surface area contributed by atoms with Crippen molar-refractivity contribution in [1.29, 1.82) is 0 Å². The number of halogens is 1. The van der Waals surface area contributed by atoms with Gasteiger partial charge >= 0.3 is 6.03 Å². The topological polar surface area (TPSA) is 98.9 Å². The van der Waals surface area contributed by atoms with Crippen molar-refractivity contribution in [2.45, 2.75) is 6.42 Å². The summed E-state index contributed by atoms with van der Waals surface area (Å²) in [6.45, 7) is 0.414. The standard InChI is InChI=1S/C19H16FN5O2/c20-12-1-2-15-14(9-12)16-11(3-8-22-18(26)17(16)25-15)10-23-19(27)24-13-4-6-21-7-5-13/h1-2,4-7,9-10,25H,3,8H2,(H,22,26)(H2,21,23,24,27)/b11-10+. The average Bonchev–Trinajstić information content (AvgIpc) is 2.96. The Balaban J connectivity index is 1.67. The normalized spacial score (nSPS) is 15.1. The second kappa shape index (κ2) is 6.91. The summed E-state index contributed by atoms with van der Waals surface area (Å²) < 4.78 is 13.7. The minimum atomic E-state index is -0.426. The highest BCUT2D eigenvalue weighted by molar-refractivity contribution is 6.07. The highest BCUT2D eigenvalue weighted by atomic mass is 19.1. The number of benzene rings is 1. The molecule has 3 heterocycles. The van der Waals surface area contributed by atoms with Crippen LogP contribution in [0.15, 0.2) is 48.9 Å². The minimum absolute atomic E-state index is 0.258. The Kier molecular flexibility index (Phi) is 4.29. The predicted octanol–water partition coefficient (Wildman–Crippen LogP) is 3.00. The van der Waals surface area contributed by atoms with Gasteiger partial charge in [-0.2, -0.15) is 0 Å². The number of urea groups is 1. The molecule has 1 aliphatic rings. The quantitative estimate of drug-likeness (QED) is 0.562. The highest BCUT2D eigenvalue weighted by Gasteiger charge is 2.24. The lowest BCUT2D eigenvalue weighted by atomic mass is 10.0. The summed E-state index contributed by atoms with van der Waals surface area (Å²) in [6.07, 6.45) is 5.19. The molecular weight excluding hydrogens is 349 g/mol. The Bertz CT molecular complexity index is 1060. The number of H-pyrrole nitrogens is 1. The van der Waals surface area contributed by atoms with E-state index in [0.29, 0.717) is 40.8 Å². The molecule has 0 saturated carbocycles. The lowest BCUT2D eigenvalue weighted by Crippen LogP contribution is -2.24. The summed E-state index contributed by atoms with van der Waals surface area (Å²) in [5.41, 5.74) is 2.95. The van der Waals surface area contributed by atoms with E-state index >= 15 is 0 Å². The second-order valence-electron chi connectivity index (χ2n) is 6.07. The maximum absolute atomic E-state index is 13.7. The molecule has 0 atom stereocenters. The van der Waals surface area contributed by atoms with E-state index in [4.69, 9.17) is 0 Å². The van der Waals surface area contributed by atoms with Crippen LogP contribution in [-0.2, 0) is 0 Å². The molecule has 4 rings (SSSR count). The fourth-order valence-electron chi connectivity index (χ4n) is 3.09. The van der Waals surface area contributed by atoms with E-state index in [0.717, 1.165) is 5.57 Å². The molecule has 0 spiro atoms. The number of hydrogen-bond acceptors (Lipinski definition) is 3. The van der Waals surface area contributed by atoms with E-state index in [-0.39, 0.29) is 5.91 Å². The summed E-state index contributed by atoms with van der Waals surface area (Å²) in [5.74, 6) is -0.650. The van der Waals surface area contributed by atoms with E-state index in [1.54, 1.807) is 36.8 Å². The van der Waals surface area contributed by atoms with Crippen LogP contribution < -0.4 is 16.0 Å². The van der Waals surface area contributed by atoms with Crippen LogP contribution in [-0.4, -0.2) is 28.5 Å². The van der Waals surface area contributed by atoms with Crippen molar-refractivity contribution in [1.82, 2.24) is 20.6 Å². The fourth-order valence-corrected chi connectivity index (χ4v) is 3.09. The number of nitrogens with zero attached hydrogens (tertiary/aromatic N) is 1. The first kappa shape index (κ1) is 16.8. The first-order chi connectivity index (χ1) is 13.1. The van der Waals surface area contributed by atoms with Crippen molar-refractivity contribution in [3.8, 4) is 0 Å². The summed E-state index contributed by atoms with van der Waals surface area (Å²) in [6, 6.07) is 7.22. The van der Waals surface area contributed by atoms with Gasteiger partial charge in [0.25, 0.3) is 5.91 Å². The summed E-state index contributed by atoms with van der Waals surface area (Å²) in [5, 5.41) is 8.75. The van der Waals surface area contributed by atoms with Crippen molar-refractivity contribution < 1.29 is 14.0 Å². The lowest BCUT2D eigenvalue weighted by Gasteiger charge is -2.08. The molecule has 0 aliphatic carbocycles. The number of anilines is 1. The molecule has 2 aromatic heterocycles. The van der Waals surface area contributed by atoms with Crippen molar-refractivity contribution in [3.05, 3.63) is 66.0 Å². The van der Waals surface area contributed by atoms with Crippen molar-refractivity contribution in [2.24, 2.45) is 0 Å². The van der Waals surface area contributed by atoms with Crippen molar-refractivity contribution >= 4 is 34.1 Å². The average molecular weight is 365 g/mol. The molecule has 7 nitrogen and oxygen atoms in total. The number of aromatic nitrogens is 2. The van der Waals surface area contributed by atoms with Gasteiger partial charge in [0.1, 0.15) is 11.5 Å². The molecule has 1 aliphatic heterocycles. The van der Waals surface area contributed by atoms with E-state index < -0.39 is 11.8 Å². The third-order valence-electron chi connectivity index (χ3n) is 4.30. The molecular formula is C19H16FN5O2. The van der Waals surface area contributed by atoms with E-state index in [2.05, 4.69) is 25.9 Å². The second-order valence-corrected chi connectivity index (χ2v) is 6.07. The highest BCUT2D eigenvalue weighted by Crippen LogP contribution is 2.32. The SMILES string of the molecule is O=C(N/C=C1\CCNC(=O)c2[nH]c3ccc(F)cc3c21)Nc1ccncc1. The molecule has 0 fully saturated rings. The number of carbonyl (C=O) groups is 2. The van der Waals surface area contributed by atoms with Crippen LogP contribution >= 0.6 is 0 Å². The smallest absolute Gasteiger partial charge is 0.323 e. The molecule has 0 bridgehead atoms. The molecule has 0 saturated heterocycles. The molecule has 3 amide bonds. The van der Waals surface area contributed by atoms with Gasteiger partial charge in [0.05, 0.1) is 0 Å². The molecule has 0 unspecified atom stereocenters. The van der Waals surface area contributed by atoms with Crippen LogP contribution in [0.2, 0.25) is 0 Å². The number of aromatic amines is 1. The predicted molar refractivity (Wildman–Crippen MR) is 99.6 cm³/mol. The van der Waals surface area contributed by atoms with E-state index in [9.17, 15) is 14.0 Å². The van der Waals surface area contributed by atoms with Crippen LogP contribution in [0.4, 0.5) is 14.9 Å². The summed E-state index contributed by atoms with van der Waals surface area (Å²) >= 11 is 0. The largest absolute Gasteiger partial charge is 0.350 e.